The predicted octanol–water partition coefficient (Wildman–Crippen LogP) is 0.730. The lowest BCUT2D eigenvalue weighted by Crippen LogP contribution is -2.48. The van der Waals surface area contributed by atoms with Gasteiger partial charge in [0.1, 0.15) is 0 Å². The van der Waals surface area contributed by atoms with Crippen LogP contribution in [-0.4, -0.2) is 69.1 Å². The van der Waals surface area contributed by atoms with Gasteiger partial charge in [-0.3, -0.25) is 9.59 Å². The van der Waals surface area contributed by atoms with Crippen molar-refractivity contribution < 1.29 is 19.1 Å². The van der Waals surface area contributed by atoms with Gasteiger partial charge in [-0.2, -0.15) is 0 Å². The van der Waals surface area contributed by atoms with Crippen LogP contribution in [0.3, 0.4) is 0 Å². The summed E-state index contributed by atoms with van der Waals surface area (Å²) in [5.74, 6) is 1.03. The van der Waals surface area contributed by atoms with Crippen molar-refractivity contribution >= 4 is 11.8 Å². The number of nitrogens with zero attached hydrogens (tertiary/aromatic N) is 2. The number of rotatable bonds is 6. The van der Waals surface area contributed by atoms with Crippen LogP contribution < -0.4 is 14.8 Å². The Balaban J connectivity index is 1.48. The molecule has 1 heterocycles. The summed E-state index contributed by atoms with van der Waals surface area (Å²) in [5, 5.41) is 2.93. The highest BCUT2D eigenvalue weighted by Crippen LogP contribution is 2.40. The molecule has 0 spiro atoms. The van der Waals surface area contributed by atoms with Gasteiger partial charge in [-0.05, 0) is 31.2 Å². The molecule has 3 rings (SSSR count). The van der Waals surface area contributed by atoms with Crippen molar-refractivity contribution in [1.82, 2.24) is 15.1 Å². The smallest absolute Gasteiger partial charge is 0.226 e. The Bertz CT molecular complexity index is 671. The van der Waals surface area contributed by atoms with E-state index in [1.165, 1.54) is 0 Å². The third-order valence-corrected chi connectivity index (χ3v) is 5.17. The minimum absolute atomic E-state index is 0.0488. The normalized spacial score (nSPS) is 22.7. The Kier molecular flexibility index (Phi) is 5.66. The molecule has 0 radical (unpaired) electrons. The predicted molar refractivity (Wildman–Crippen MR) is 97.1 cm³/mol. The topological polar surface area (TPSA) is 71.1 Å². The molecule has 1 N–H and O–H groups in total. The van der Waals surface area contributed by atoms with Gasteiger partial charge in [-0.1, -0.05) is 6.07 Å². The van der Waals surface area contributed by atoms with Gasteiger partial charge >= 0.3 is 0 Å². The Labute approximate surface area is 154 Å². The average molecular weight is 361 g/mol. The number of likely N-dealkylation sites (N-methyl/N-ethyl adjacent to an activating group) is 1. The molecule has 142 valence electrons. The minimum Gasteiger partial charge on any atom is -0.493 e. The number of hydrogen-bond donors (Lipinski definition) is 1. The molecule has 1 aliphatic carbocycles. The number of amides is 2. The highest BCUT2D eigenvalue weighted by Gasteiger charge is 2.49. The number of carbonyl (C=O) groups is 2. The average Bonchev–Trinajstić information content (AvgIpc) is 3.46. The number of methoxy groups -OCH3 is 2. The van der Waals surface area contributed by atoms with Crippen LogP contribution in [-0.2, 0) is 16.1 Å². The van der Waals surface area contributed by atoms with Crippen LogP contribution in [0.1, 0.15) is 12.0 Å². The molecule has 26 heavy (non-hydrogen) atoms. The Morgan fingerprint density at radius 1 is 1.08 bits per heavy atom. The lowest BCUT2D eigenvalue weighted by molar-refractivity contribution is -0.136. The van der Waals surface area contributed by atoms with Crippen molar-refractivity contribution in [3.8, 4) is 11.5 Å². The maximum absolute atomic E-state index is 12.5. The van der Waals surface area contributed by atoms with E-state index >= 15 is 0 Å². The van der Waals surface area contributed by atoms with Crippen molar-refractivity contribution in [3.05, 3.63) is 23.8 Å². The summed E-state index contributed by atoms with van der Waals surface area (Å²) in [6, 6.07) is 5.55. The number of nitrogens with one attached hydrogen (secondary N) is 1. The van der Waals surface area contributed by atoms with E-state index in [0.717, 1.165) is 31.7 Å². The van der Waals surface area contributed by atoms with Crippen LogP contribution in [0.4, 0.5) is 0 Å². The standard InChI is InChI=1S/C19H27N3O4/c1-21-6-8-22(9-7-21)19(24)15-11-14(15)18(23)20-12-13-4-5-16(25-2)17(10-13)26-3/h4-5,10,14-15H,6-9,11-12H2,1-3H3,(H,20,23). The van der Waals surface area contributed by atoms with Crippen LogP contribution in [0.15, 0.2) is 18.2 Å². The minimum atomic E-state index is -0.192. The van der Waals surface area contributed by atoms with Crippen molar-refractivity contribution in [1.29, 1.82) is 0 Å². The Morgan fingerprint density at radius 2 is 1.77 bits per heavy atom. The first-order valence-electron chi connectivity index (χ1n) is 8.99. The second kappa shape index (κ2) is 7.95. The third-order valence-electron chi connectivity index (χ3n) is 5.17. The number of piperazine rings is 1. The van der Waals surface area contributed by atoms with Gasteiger partial charge in [0.15, 0.2) is 11.5 Å². The molecular formula is C19H27N3O4. The van der Waals surface area contributed by atoms with Crippen LogP contribution in [0.5, 0.6) is 11.5 Å². The van der Waals surface area contributed by atoms with Crippen molar-refractivity contribution in [3.63, 3.8) is 0 Å². The van der Waals surface area contributed by atoms with Gasteiger partial charge in [0.25, 0.3) is 0 Å². The molecule has 0 bridgehead atoms. The summed E-state index contributed by atoms with van der Waals surface area (Å²) in [7, 11) is 5.23. The monoisotopic (exact) mass is 361 g/mol. The fourth-order valence-electron chi connectivity index (χ4n) is 3.33. The fraction of sp³-hybridized carbons (Fsp3) is 0.579. The van der Waals surface area contributed by atoms with E-state index in [-0.39, 0.29) is 23.7 Å². The largest absolute Gasteiger partial charge is 0.493 e. The molecule has 2 amide bonds. The lowest BCUT2D eigenvalue weighted by atomic mass is 10.2. The van der Waals surface area contributed by atoms with Crippen molar-refractivity contribution in [2.24, 2.45) is 11.8 Å². The molecule has 7 nitrogen and oxygen atoms in total. The van der Waals surface area contributed by atoms with Gasteiger partial charge in [0.2, 0.25) is 11.8 Å². The lowest BCUT2D eigenvalue weighted by Gasteiger charge is -2.32. The van der Waals surface area contributed by atoms with Gasteiger partial charge in [-0.15, -0.1) is 0 Å². The number of ether oxygens (including phenoxy) is 2. The Morgan fingerprint density at radius 3 is 2.42 bits per heavy atom. The second-order valence-electron chi connectivity index (χ2n) is 6.98. The first-order valence-corrected chi connectivity index (χ1v) is 8.99. The SMILES string of the molecule is COc1ccc(CNC(=O)C2CC2C(=O)N2CCN(C)CC2)cc1OC. The van der Waals surface area contributed by atoms with Crippen LogP contribution in [0, 0.1) is 11.8 Å². The fourth-order valence-corrected chi connectivity index (χ4v) is 3.33. The van der Waals surface area contributed by atoms with E-state index in [9.17, 15) is 9.59 Å². The molecule has 1 saturated heterocycles. The summed E-state index contributed by atoms with van der Waals surface area (Å²) >= 11 is 0. The van der Waals surface area contributed by atoms with E-state index < -0.39 is 0 Å². The third kappa shape index (κ3) is 4.09. The maximum atomic E-state index is 12.5. The van der Waals surface area contributed by atoms with Crippen LogP contribution in [0.2, 0.25) is 0 Å². The zero-order valence-electron chi connectivity index (χ0n) is 15.7. The molecule has 7 heteroatoms. The molecule has 2 unspecified atom stereocenters. The van der Waals surface area contributed by atoms with Gasteiger partial charge in [-0.25, -0.2) is 0 Å². The number of carbonyl (C=O) groups excluding carboxylic acids is 2. The molecule has 2 fully saturated rings. The van der Waals surface area contributed by atoms with Gasteiger partial charge in [0, 0.05) is 32.7 Å². The molecule has 2 atom stereocenters. The summed E-state index contributed by atoms with van der Waals surface area (Å²) in [4.78, 5) is 29.0. The van der Waals surface area contributed by atoms with E-state index in [1.54, 1.807) is 14.2 Å². The first kappa shape index (κ1) is 18.5. The summed E-state index contributed by atoms with van der Waals surface area (Å²) in [6.07, 6.45) is 0.656. The molecule has 2 aliphatic rings. The zero-order chi connectivity index (χ0) is 18.7. The summed E-state index contributed by atoms with van der Waals surface area (Å²) in [5.41, 5.74) is 0.929. The first-order chi connectivity index (χ1) is 12.5. The molecule has 1 aromatic carbocycles. The highest BCUT2D eigenvalue weighted by molar-refractivity contribution is 5.92. The molecule has 1 aliphatic heterocycles. The van der Waals surface area contributed by atoms with Crippen molar-refractivity contribution in [2.75, 3.05) is 47.4 Å². The van der Waals surface area contributed by atoms with E-state index in [1.807, 2.05) is 23.1 Å². The van der Waals surface area contributed by atoms with Gasteiger partial charge in [0.05, 0.1) is 26.1 Å². The van der Waals surface area contributed by atoms with Crippen LogP contribution in [0.25, 0.3) is 0 Å². The molecular weight excluding hydrogens is 334 g/mol. The Hall–Kier alpha value is -2.28. The summed E-state index contributed by atoms with van der Waals surface area (Å²) in [6.45, 7) is 3.71. The zero-order valence-corrected chi connectivity index (χ0v) is 15.7. The number of hydrogen-bond acceptors (Lipinski definition) is 5. The molecule has 1 aromatic rings. The summed E-state index contributed by atoms with van der Waals surface area (Å²) < 4.78 is 10.5. The van der Waals surface area contributed by atoms with E-state index in [2.05, 4.69) is 17.3 Å². The van der Waals surface area contributed by atoms with Gasteiger partial charge < -0.3 is 24.6 Å². The maximum Gasteiger partial charge on any atom is 0.226 e. The second-order valence-corrected chi connectivity index (χ2v) is 6.98. The highest BCUT2D eigenvalue weighted by atomic mass is 16.5. The van der Waals surface area contributed by atoms with E-state index in [0.29, 0.717) is 24.5 Å². The van der Waals surface area contributed by atoms with Crippen molar-refractivity contribution in [2.45, 2.75) is 13.0 Å². The quantitative estimate of drug-likeness (QED) is 0.809. The molecule has 1 saturated carbocycles. The molecule has 0 aromatic heterocycles. The van der Waals surface area contributed by atoms with E-state index in [4.69, 9.17) is 9.47 Å². The number of benzene rings is 1. The van der Waals surface area contributed by atoms with Crippen LogP contribution >= 0.6 is 0 Å².